The molecule has 0 bridgehead atoms. The maximum Gasteiger partial charge on any atom is 0.206 e. The van der Waals surface area contributed by atoms with Gasteiger partial charge in [0, 0.05) is 18.1 Å². The number of β-amino-alcohol motifs (C(OH)–C–C–N with tert-alkyl or cyclic N) is 1. The Kier molecular flexibility index (Phi) is 3.71. The molecule has 118 valence electrons. The summed E-state index contributed by atoms with van der Waals surface area (Å²) in [5.41, 5.74) is 3.12. The topological polar surface area (TPSA) is 41.3 Å². The molecule has 23 heavy (non-hydrogen) atoms. The van der Waals surface area contributed by atoms with E-state index in [0.29, 0.717) is 13.1 Å². The summed E-state index contributed by atoms with van der Waals surface area (Å²) in [6, 6.07) is 16.0. The molecule has 4 nitrogen and oxygen atoms in total. The fourth-order valence-corrected chi connectivity index (χ4v) is 3.38. The molecule has 1 saturated heterocycles. The maximum absolute atomic E-state index is 9.86. The zero-order valence-corrected chi connectivity index (χ0v) is 13.4. The molecular weight excluding hydrogens is 310 g/mol. The second kappa shape index (κ2) is 5.87. The molecule has 0 unspecified atom stereocenters. The number of benzene rings is 2. The van der Waals surface area contributed by atoms with Crippen molar-refractivity contribution in [3.8, 4) is 0 Å². The Labute approximate surface area is 139 Å². The van der Waals surface area contributed by atoms with E-state index < -0.39 is 0 Å². The standard InChI is InChI=1S/C18H18ClN3O/c19-15-6-2-1-5-13(15)11-22-17-8-4-3-7-16(17)20-18(22)21-10-9-14(23)12-21/h1-8,14,23H,9-12H2/t14-/m1/s1. The summed E-state index contributed by atoms with van der Waals surface area (Å²) in [5.74, 6) is 0.905. The summed E-state index contributed by atoms with van der Waals surface area (Å²) >= 11 is 6.34. The van der Waals surface area contributed by atoms with Crippen LogP contribution in [0.25, 0.3) is 11.0 Å². The molecule has 2 heterocycles. The molecule has 0 saturated carbocycles. The number of imidazole rings is 1. The molecule has 1 fully saturated rings. The molecule has 0 aliphatic carbocycles. The van der Waals surface area contributed by atoms with E-state index in [0.717, 1.165) is 40.5 Å². The molecule has 4 rings (SSSR count). The van der Waals surface area contributed by atoms with Crippen LogP contribution in [-0.4, -0.2) is 33.9 Å². The molecule has 0 spiro atoms. The van der Waals surface area contributed by atoms with Gasteiger partial charge in [0.1, 0.15) is 0 Å². The van der Waals surface area contributed by atoms with Crippen LogP contribution in [0.2, 0.25) is 5.02 Å². The molecule has 1 aromatic heterocycles. The van der Waals surface area contributed by atoms with Crippen LogP contribution in [0.15, 0.2) is 48.5 Å². The molecule has 1 aliphatic heterocycles. The third-order valence-electron chi connectivity index (χ3n) is 4.37. The van der Waals surface area contributed by atoms with Crippen molar-refractivity contribution < 1.29 is 5.11 Å². The Balaban J connectivity index is 1.81. The predicted octanol–water partition coefficient (Wildman–Crippen LogP) is 3.31. The number of aliphatic hydroxyl groups excluding tert-OH is 1. The monoisotopic (exact) mass is 327 g/mol. The van der Waals surface area contributed by atoms with Gasteiger partial charge in [-0.25, -0.2) is 4.98 Å². The molecule has 1 atom stereocenters. The van der Waals surface area contributed by atoms with Gasteiger partial charge < -0.3 is 14.6 Å². The average Bonchev–Trinajstić information content (AvgIpc) is 3.14. The third-order valence-corrected chi connectivity index (χ3v) is 4.74. The predicted molar refractivity (Wildman–Crippen MR) is 93.1 cm³/mol. The first-order chi connectivity index (χ1) is 11.2. The number of rotatable bonds is 3. The highest BCUT2D eigenvalue weighted by Crippen LogP contribution is 2.28. The summed E-state index contributed by atoms with van der Waals surface area (Å²) in [5, 5.41) is 10.6. The minimum Gasteiger partial charge on any atom is -0.391 e. The highest BCUT2D eigenvalue weighted by Gasteiger charge is 2.25. The maximum atomic E-state index is 9.86. The molecule has 1 aliphatic rings. The number of hydrogen-bond acceptors (Lipinski definition) is 3. The second-order valence-electron chi connectivity index (χ2n) is 5.97. The minimum absolute atomic E-state index is 0.274. The zero-order valence-electron chi connectivity index (χ0n) is 12.7. The van der Waals surface area contributed by atoms with Crippen LogP contribution in [0.1, 0.15) is 12.0 Å². The number of anilines is 1. The number of nitrogens with zero attached hydrogens (tertiary/aromatic N) is 3. The first kappa shape index (κ1) is 14.5. The van der Waals surface area contributed by atoms with E-state index in [1.807, 2.05) is 42.5 Å². The largest absolute Gasteiger partial charge is 0.391 e. The summed E-state index contributed by atoms with van der Waals surface area (Å²) in [4.78, 5) is 6.94. The lowest BCUT2D eigenvalue weighted by Crippen LogP contribution is -2.25. The summed E-state index contributed by atoms with van der Waals surface area (Å²) in [6.45, 7) is 2.13. The van der Waals surface area contributed by atoms with Crippen LogP contribution in [0.3, 0.4) is 0 Å². The minimum atomic E-state index is -0.274. The van der Waals surface area contributed by atoms with Crippen molar-refractivity contribution in [3.63, 3.8) is 0 Å². The number of fused-ring (bicyclic) bond motifs is 1. The van der Waals surface area contributed by atoms with Crippen molar-refractivity contribution in [2.45, 2.75) is 19.1 Å². The van der Waals surface area contributed by atoms with Crippen LogP contribution < -0.4 is 4.90 Å². The van der Waals surface area contributed by atoms with Gasteiger partial charge in [0.05, 0.1) is 23.7 Å². The van der Waals surface area contributed by atoms with Gasteiger partial charge >= 0.3 is 0 Å². The molecular formula is C18H18ClN3O. The molecule has 0 radical (unpaired) electrons. The molecule has 1 N–H and O–H groups in total. The number of hydrogen-bond donors (Lipinski definition) is 1. The molecule has 0 amide bonds. The smallest absolute Gasteiger partial charge is 0.206 e. The van der Waals surface area contributed by atoms with Gasteiger partial charge in [0.15, 0.2) is 0 Å². The quantitative estimate of drug-likeness (QED) is 0.802. The Hall–Kier alpha value is -2.04. The average molecular weight is 328 g/mol. The first-order valence-electron chi connectivity index (χ1n) is 7.84. The highest BCUT2D eigenvalue weighted by molar-refractivity contribution is 6.31. The normalized spacial score (nSPS) is 18.0. The summed E-state index contributed by atoms with van der Waals surface area (Å²) in [6.07, 6.45) is 0.513. The van der Waals surface area contributed by atoms with E-state index in [1.165, 1.54) is 0 Å². The van der Waals surface area contributed by atoms with Crippen molar-refractivity contribution in [1.82, 2.24) is 9.55 Å². The van der Waals surface area contributed by atoms with E-state index >= 15 is 0 Å². The van der Waals surface area contributed by atoms with Gasteiger partial charge in [-0.2, -0.15) is 0 Å². The van der Waals surface area contributed by atoms with Crippen LogP contribution >= 0.6 is 11.6 Å². The van der Waals surface area contributed by atoms with E-state index in [1.54, 1.807) is 0 Å². The fourth-order valence-electron chi connectivity index (χ4n) is 3.18. The van der Waals surface area contributed by atoms with Gasteiger partial charge in [-0.15, -0.1) is 0 Å². The van der Waals surface area contributed by atoms with E-state index in [4.69, 9.17) is 16.6 Å². The summed E-state index contributed by atoms with van der Waals surface area (Å²) in [7, 11) is 0. The third kappa shape index (κ3) is 2.69. The molecule has 5 heteroatoms. The van der Waals surface area contributed by atoms with Gasteiger partial charge in [-0.05, 0) is 30.2 Å². The lowest BCUT2D eigenvalue weighted by Gasteiger charge is -2.19. The first-order valence-corrected chi connectivity index (χ1v) is 8.22. The van der Waals surface area contributed by atoms with E-state index in [2.05, 4.69) is 15.5 Å². The SMILES string of the molecule is O[C@@H]1CCN(c2nc3ccccc3n2Cc2ccccc2Cl)C1. The number of aromatic nitrogens is 2. The van der Waals surface area contributed by atoms with Gasteiger partial charge in [0.25, 0.3) is 0 Å². The Morgan fingerprint density at radius 1 is 1.13 bits per heavy atom. The highest BCUT2D eigenvalue weighted by atomic mass is 35.5. The van der Waals surface area contributed by atoms with Crippen molar-refractivity contribution in [2.75, 3.05) is 18.0 Å². The van der Waals surface area contributed by atoms with Crippen molar-refractivity contribution in [3.05, 3.63) is 59.1 Å². The number of aliphatic hydroxyl groups is 1. The Morgan fingerprint density at radius 3 is 2.70 bits per heavy atom. The summed E-state index contributed by atoms with van der Waals surface area (Å²) < 4.78 is 2.19. The van der Waals surface area contributed by atoms with Crippen molar-refractivity contribution in [2.24, 2.45) is 0 Å². The van der Waals surface area contributed by atoms with Crippen LogP contribution in [-0.2, 0) is 6.54 Å². The van der Waals surface area contributed by atoms with Crippen LogP contribution in [0, 0.1) is 0 Å². The number of halogens is 1. The van der Waals surface area contributed by atoms with Gasteiger partial charge in [-0.1, -0.05) is 41.9 Å². The second-order valence-corrected chi connectivity index (χ2v) is 6.37. The number of para-hydroxylation sites is 2. The molecule has 3 aromatic rings. The lowest BCUT2D eigenvalue weighted by molar-refractivity contribution is 0.198. The lowest BCUT2D eigenvalue weighted by atomic mass is 10.2. The zero-order chi connectivity index (χ0) is 15.8. The van der Waals surface area contributed by atoms with Crippen LogP contribution in [0.4, 0.5) is 5.95 Å². The Bertz CT molecular complexity index is 845. The van der Waals surface area contributed by atoms with E-state index in [9.17, 15) is 5.11 Å². The van der Waals surface area contributed by atoms with Crippen molar-refractivity contribution >= 4 is 28.6 Å². The molecule has 2 aromatic carbocycles. The van der Waals surface area contributed by atoms with E-state index in [-0.39, 0.29) is 6.10 Å². The fraction of sp³-hybridized carbons (Fsp3) is 0.278. The van der Waals surface area contributed by atoms with Gasteiger partial charge in [0.2, 0.25) is 5.95 Å². The van der Waals surface area contributed by atoms with Crippen LogP contribution in [0.5, 0.6) is 0 Å². The van der Waals surface area contributed by atoms with Crippen molar-refractivity contribution in [1.29, 1.82) is 0 Å². The Morgan fingerprint density at radius 2 is 1.91 bits per heavy atom. The van der Waals surface area contributed by atoms with Gasteiger partial charge in [-0.3, -0.25) is 0 Å².